The molecule has 0 saturated heterocycles. The van der Waals surface area contributed by atoms with Gasteiger partial charge in [0.25, 0.3) is 5.69 Å². The first-order valence-electron chi connectivity index (χ1n) is 6.64. The van der Waals surface area contributed by atoms with Gasteiger partial charge < -0.3 is 0 Å². The van der Waals surface area contributed by atoms with Gasteiger partial charge in [-0.1, -0.05) is 54.6 Å². The Morgan fingerprint density at radius 1 is 0.810 bits per heavy atom. The van der Waals surface area contributed by atoms with E-state index in [0.717, 1.165) is 11.1 Å². The van der Waals surface area contributed by atoms with Gasteiger partial charge in [-0.2, -0.15) is 0 Å². The van der Waals surface area contributed by atoms with E-state index in [4.69, 9.17) is 0 Å². The molecule has 0 spiro atoms. The Kier molecular flexibility index (Phi) is 3.48. The van der Waals surface area contributed by atoms with Crippen LogP contribution in [-0.2, 0) is 0 Å². The van der Waals surface area contributed by atoms with Crippen molar-refractivity contribution in [1.29, 1.82) is 0 Å². The van der Waals surface area contributed by atoms with Crippen LogP contribution in [-0.4, -0.2) is 4.92 Å². The molecule has 3 rings (SSSR count). The number of hydrogen-bond donors (Lipinski definition) is 0. The molecule has 3 nitrogen and oxygen atoms in total. The molecule has 21 heavy (non-hydrogen) atoms. The fourth-order valence-corrected chi connectivity index (χ4v) is 2.29. The summed E-state index contributed by atoms with van der Waals surface area (Å²) >= 11 is 0. The lowest BCUT2D eigenvalue weighted by Crippen LogP contribution is -1.86. The van der Waals surface area contributed by atoms with Gasteiger partial charge in [-0.05, 0) is 34.0 Å². The van der Waals surface area contributed by atoms with Crippen molar-refractivity contribution in [2.75, 3.05) is 0 Å². The van der Waals surface area contributed by atoms with Crippen molar-refractivity contribution in [2.24, 2.45) is 0 Å². The average molecular weight is 275 g/mol. The van der Waals surface area contributed by atoms with Crippen LogP contribution in [0.1, 0.15) is 11.1 Å². The third-order valence-corrected chi connectivity index (χ3v) is 3.38. The second-order valence-corrected chi connectivity index (χ2v) is 4.75. The summed E-state index contributed by atoms with van der Waals surface area (Å²) < 4.78 is 0. The van der Waals surface area contributed by atoms with Crippen LogP contribution in [0.5, 0.6) is 0 Å². The zero-order valence-corrected chi connectivity index (χ0v) is 11.3. The lowest BCUT2D eigenvalue weighted by atomic mass is 10.0. The molecule has 0 amide bonds. The molecule has 0 unspecified atom stereocenters. The monoisotopic (exact) mass is 275 g/mol. The fraction of sp³-hybridized carbons (Fsp3) is 0. The van der Waals surface area contributed by atoms with Gasteiger partial charge in [0.1, 0.15) is 0 Å². The van der Waals surface area contributed by atoms with Crippen LogP contribution in [0.3, 0.4) is 0 Å². The number of rotatable bonds is 3. The molecule has 0 aliphatic carbocycles. The number of nitro groups is 1. The van der Waals surface area contributed by atoms with E-state index >= 15 is 0 Å². The van der Waals surface area contributed by atoms with Crippen molar-refractivity contribution in [3.8, 4) is 0 Å². The highest BCUT2D eigenvalue weighted by Gasteiger charge is 2.02. The molecule has 3 aromatic rings. The minimum absolute atomic E-state index is 0.109. The molecule has 0 aliphatic rings. The lowest BCUT2D eigenvalue weighted by Gasteiger charge is -2.01. The Morgan fingerprint density at radius 3 is 2.29 bits per heavy atom. The minimum Gasteiger partial charge on any atom is -0.258 e. The van der Waals surface area contributed by atoms with Gasteiger partial charge in [0.15, 0.2) is 0 Å². The molecule has 3 aromatic carbocycles. The van der Waals surface area contributed by atoms with Crippen LogP contribution >= 0.6 is 0 Å². The highest BCUT2D eigenvalue weighted by Crippen LogP contribution is 2.21. The summed E-state index contributed by atoms with van der Waals surface area (Å²) in [6, 6.07) is 20.9. The molecule has 3 heteroatoms. The van der Waals surface area contributed by atoms with Crippen LogP contribution < -0.4 is 0 Å². The van der Waals surface area contributed by atoms with Gasteiger partial charge in [0.2, 0.25) is 0 Å². The van der Waals surface area contributed by atoms with Gasteiger partial charge in [-0.15, -0.1) is 0 Å². The number of non-ortho nitro benzene ring substituents is 1. The highest BCUT2D eigenvalue weighted by atomic mass is 16.6. The van der Waals surface area contributed by atoms with E-state index in [1.807, 2.05) is 30.4 Å². The average Bonchev–Trinajstić information content (AvgIpc) is 2.53. The van der Waals surface area contributed by atoms with Crippen LogP contribution in [0.15, 0.2) is 66.7 Å². The molecule has 0 aromatic heterocycles. The number of fused-ring (bicyclic) bond motifs is 1. The summed E-state index contributed by atoms with van der Waals surface area (Å²) in [7, 11) is 0. The second-order valence-electron chi connectivity index (χ2n) is 4.75. The zero-order valence-electron chi connectivity index (χ0n) is 11.3. The number of nitrogens with zero attached hydrogens (tertiary/aromatic N) is 1. The van der Waals surface area contributed by atoms with Crippen molar-refractivity contribution in [3.05, 3.63) is 88.0 Å². The molecule has 0 saturated carbocycles. The third kappa shape index (κ3) is 2.82. The van der Waals surface area contributed by atoms with Gasteiger partial charge >= 0.3 is 0 Å². The number of hydrogen-bond acceptors (Lipinski definition) is 2. The summed E-state index contributed by atoms with van der Waals surface area (Å²) in [5.74, 6) is 0. The Labute approximate surface area is 122 Å². The molecule has 0 bridgehead atoms. The largest absolute Gasteiger partial charge is 0.269 e. The van der Waals surface area contributed by atoms with E-state index in [1.165, 1.54) is 22.9 Å². The first kappa shape index (κ1) is 13.1. The van der Waals surface area contributed by atoms with Crippen molar-refractivity contribution < 1.29 is 4.92 Å². The SMILES string of the molecule is O=[N+]([O-])c1ccc(/C=C/c2cccc3ccccc23)cc1. The summed E-state index contributed by atoms with van der Waals surface area (Å²) in [4.78, 5) is 10.2. The smallest absolute Gasteiger partial charge is 0.258 e. The summed E-state index contributed by atoms with van der Waals surface area (Å²) in [6.07, 6.45) is 4.00. The Bertz CT molecular complexity index is 815. The first-order chi connectivity index (χ1) is 10.2. The number of benzene rings is 3. The van der Waals surface area contributed by atoms with Crippen LogP contribution in [0.25, 0.3) is 22.9 Å². The van der Waals surface area contributed by atoms with Crippen LogP contribution in [0, 0.1) is 10.1 Å². The molecule has 0 aliphatic heterocycles. The molecule has 0 atom stereocenters. The third-order valence-electron chi connectivity index (χ3n) is 3.38. The first-order valence-corrected chi connectivity index (χ1v) is 6.64. The lowest BCUT2D eigenvalue weighted by molar-refractivity contribution is -0.384. The Balaban J connectivity index is 1.92. The fourth-order valence-electron chi connectivity index (χ4n) is 2.29. The second kappa shape index (κ2) is 5.59. The quantitative estimate of drug-likeness (QED) is 0.387. The van der Waals surface area contributed by atoms with E-state index in [1.54, 1.807) is 12.1 Å². The van der Waals surface area contributed by atoms with E-state index < -0.39 is 4.92 Å². The van der Waals surface area contributed by atoms with Gasteiger partial charge in [0.05, 0.1) is 4.92 Å². The van der Waals surface area contributed by atoms with Gasteiger partial charge in [0, 0.05) is 12.1 Å². The maximum absolute atomic E-state index is 10.6. The molecule has 102 valence electrons. The van der Waals surface area contributed by atoms with Crippen molar-refractivity contribution in [3.63, 3.8) is 0 Å². The summed E-state index contributed by atoms with van der Waals surface area (Å²) in [6.45, 7) is 0. The van der Waals surface area contributed by atoms with Crippen molar-refractivity contribution in [1.82, 2.24) is 0 Å². The highest BCUT2D eigenvalue weighted by molar-refractivity contribution is 5.92. The molecule has 0 N–H and O–H groups in total. The standard InChI is InChI=1S/C18H13NO2/c20-19(21)17-12-9-14(10-13-17)8-11-16-6-3-5-15-4-1-2-7-18(15)16/h1-13H/b11-8+. The van der Waals surface area contributed by atoms with E-state index in [9.17, 15) is 10.1 Å². The van der Waals surface area contributed by atoms with E-state index in [-0.39, 0.29) is 5.69 Å². The molecule has 0 fully saturated rings. The van der Waals surface area contributed by atoms with E-state index in [0.29, 0.717) is 0 Å². The molecular weight excluding hydrogens is 262 g/mol. The van der Waals surface area contributed by atoms with Crippen molar-refractivity contribution in [2.45, 2.75) is 0 Å². The normalized spacial score (nSPS) is 11.0. The summed E-state index contributed by atoms with van der Waals surface area (Å²) in [5, 5.41) is 13.0. The Morgan fingerprint density at radius 2 is 1.52 bits per heavy atom. The maximum Gasteiger partial charge on any atom is 0.269 e. The summed E-state index contributed by atoms with van der Waals surface area (Å²) in [5.41, 5.74) is 2.18. The zero-order chi connectivity index (χ0) is 14.7. The minimum atomic E-state index is -0.391. The predicted octanol–water partition coefficient (Wildman–Crippen LogP) is 4.92. The van der Waals surface area contributed by atoms with Crippen LogP contribution in [0.2, 0.25) is 0 Å². The maximum atomic E-state index is 10.6. The Hall–Kier alpha value is -2.94. The molecule has 0 heterocycles. The topological polar surface area (TPSA) is 43.1 Å². The van der Waals surface area contributed by atoms with Gasteiger partial charge in [-0.3, -0.25) is 10.1 Å². The van der Waals surface area contributed by atoms with Gasteiger partial charge in [-0.25, -0.2) is 0 Å². The molecular formula is C18H13NO2. The predicted molar refractivity (Wildman–Crippen MR) is 86.0 cm³/mol. The molecule has 0 radical (unpaired) electrons. The van der Waals surface area contributed by atoms with Crippen molar-refractivity contribution >= 4 is 28.6 Å². The van der Waals surface area contributed by atoms with E-state index in [2.05, 4.69) is 24.3 Å². The number of nitro benzene ring substituents is 1. The van der Waals surface area contributed by atoms with Crippen LogP contribution in [0.4, 0.5) is 5.69 Å².